The minimum atomic E-state index is -0.886. The van der Waals surface area contributed by atoms with E-state index in [-0.39, 0.29) is 6.54 Å². The Hall–Kier alpha value is -0.870. The highest BCUT2D eigenvalue weighted by molar-refractivity contribution is 9.10. The van der Waals surface area contributed by atoms with Gasteiger partial charge in [-0.05, 0) is 24.1 Å². The van der Waals surface area contributed by atoms with Crippen molar-refractivity contribution < 1.29 is 9.90 Å². The van der Waals surface area contributed by atoms with Crippen LogP contribution in [0.5, 0.6) is 0 Å². The van der Waals surface area contributed by atoms with Gasteiger partial charge in [0.15, 0.2) is 0 Å². The number of halogens is 1. The van der Waals surface area contributed by atoms with Crippen molar-refractivity contribution in [3.8, 4) is 0 Å². The number of benzene rings is 1. The summed E-state index contributed by atoms with van der Waals surface area (Å²) in [6.45, 7) is 2.07. The van der Waals surface area contributed by atoms with Gasteiger partial charge in [0, 0.05) is 11.0 Å². The first kappa shape index (κ1) is 11.2. The van der Waals surface area contributed by atoms with Crippen LogP contribution in [0.1, 0.15) is 17.0 Å². The zero-order chi connectivity index (χ0) is 10.7. The molecule has 1 rings (SSSR count). The van der Waals surface area contributed by atoms with E-state index in [1.54, 1.807) is 12.1 Å². The third-order valence-electron chi connectivity index (χ3n) is 2.13. The zero-order valence-electron chi connectivity index (χ0n) is 7.83. The first-order chi connectivity index (χ1) is 6.56. The largest absolute Gasteiger partial charge is 0.481 e. The van der Waals surface area contributed by atoms with Crippen LogP contribution in [0.3, 0.4) is 0 Å². The van der Waals surface area contributed by atoms with E-state index in [1.165, 1.54) is 0 Å². The predicted octanol–water partition coefficient (Wildman–Crippen LogP) is 1.88. The van der Waals surface area contributed by atoms with Crippen LogP contribution in [-0.2, 0) is 4.79 Å². The molecule has 0 amide bonds. The highest BCUT2D eigenvalue weighted by Crippen LogP contribution is 2.22. The Morgan fingerprint density at radius 1 is 1.64 bits per heavy atom. The van der Waals surface area contributed by atoms with E-state index in [9.17, 15) is 4.79 Å². The Morgan fingerprint density at radius 2 is 2.29 bits per heavy atom. The van der Waals surface area contributed by atoms with Crippen molar-refractivity contribution >= 4 is 21.9 Å². The van der Waals surface area contributed by atoms with Gasteiger partial charge in [0.2, 0.25) is 0 Å². The second-order valence-corrected chi connectivity index (χ2v) is 3.99. The molecule has 1 atom stereocenters. The monoisotopic (exact) mass is 257 g/mol. The predicted molar refractivity (Wildman–Crippen MR) is 58.3 cm³/mol. The molecule has 1 unspecified atom stereocenters. The van der Waals surface area contributed by atoms with Crippen LogP contribution in [0.4, 0.5) is 0 Å². The summed E-state index contributed by atoms with van der Waals surface area (Å²) < 4.78 is 0.912. The molecule has 0 heterocycles. The molecule has 0 saturated carbocycles. The highest BCUT2D eigenvalue weighted by atomic mass is 79.9. The quantitative estimate of drug-likeness (QED) is 0.870. The van der Waals surface area contributed by atoms with E-state index in [0.29, 0.717) is 0 Å². The topological polar surface area (TPSA) is 63.3 Å². The van der Waals surface area contributed by atoms with Crippen molar-refractivity contribution in [3.05, 3.63) is 33.8 Å². The molecule has 3 nitrogen and oxygen atoms in total. The van der Waals surface area contributed by atoms with Crippen LogP contribution in [0.2, 0.25) is 0 Å². The molecule has 0 aliphatic heterocycles. The lowest BCUT2D eigenvalue weighted by molar-refractivity contribution is -0.138. The van der Waals surface area contributed by atoms with Crippen LogP contribution in [0.25, 0.3) is 0 Å². The number of aryl methyl sites for hydroxylation is 1. The molecule has 0 fully saturated rings. The minimum Gasteiger partial charge on any atom is -0.481 e. The first-order valence-corrected chi connectivity index (χ1v) is 5.04. The van der Waals surface area contributed by atoms with Gasteiger partial charge >= 0.3 is 5.97 Å². The van der Waals surface area contributed by atoms with Crippen molar-refractivity contribution in [1.29, 1.82) is 0 Å². The maximum atomic E-state index is 10.8. The lowest BCUT2D eigenvalue weighted by Gasteiger charge is -2.11. The lowest BCUT2D eigenvalue weighted by Crippen LogP contribution is -2.21. The Balaban J connectivity index is 3.06. The van der Waals surface area contributed by atoms with Crippen molar-refractivity contribution in [2.24, 2.45) is 5.73 Å². The fourth-order valence-corrected chi connectivity index (χ4v) is 1.60. The summed E-state index contributed by atoms with van der Waals surface area (Å²) in [5, 5.41) is 8.89. The summed E-state index contributed by atoms with van der Waals surface area (Å²) in [6.07, 6.45) is 0. The van der Waals surface area contributed by atoms with Gasteiger partial charge in [0.05, 0.1) is 5.92 Å². The van der Waals surface area contributed by atoms with E-state index in [2.05, 4.69) is 15.9 Å². The van der Waals surface area contributed by atoms with Crippen LogP contribution >= 0.6 is 15.9 Å². The van der Waals surface area contributed by atoms with Gasteiger partial charge in [-0.2, -0.15) is 0 Å². The summed E-state index contributed by atoms with van der Waals surface area (Å²) >= 11 is 3.36. The number of carboxylic acids is 1. The molecule has 76 valence electrons. The van der Waals surface area contributed by atoms with Crippen molar-refractivity contribution in [1.82, 2.24) is 0 Å². The van der Waals surface area contributed by atoms with Gasteiger partial charge < -0.3 is 10.8 Å². The van der Waals surface area contributed by atoms with Crippen molar-refractivity contribution in [3.63, 3.8) is 0 Å². The number of hydrogen-bond donors (Lipinski definition) is 2. The molecule has 0 spiro atoms. The second-order valence-electron chi connectivity index (χ2n) is 3.14. The summed E-state index contributed by atoms with van der Waals surface area (Å²) in [5.41, 5.74) is 7.21. The molecule has 4 heteroatoms. The maximum absolute atomic E-state index is 10.8. The number of carbonyl (C=O) groups is 1. The number of hydrogen-bond acceptors (Lipinski definition) is 2. The van der Waals surface area contributed by atoms with Crippen LogP contribution in [-0.4, -0.2) is 17.6 Å². The minimum absolute atomic E-state index is 0.116. The van der Waals surface area contributed by atoms with E-state index in [1.807, 2.05) is 13.0 Å². The van der Waals surface area contributed by atoms with E-state index in [0.717, 1.165) is 15.6 Å². The van der Waals surface area contributed by atoms with E-state index >= 15 is 0 Å². The molecule has 1 aromatic rings. The summed E-state index contributed by atoms with van der Waals surface area (Å²) in [5.74, 6) is -1.50. The molecule has 0 bridgehead atoms. The van der Waals surface area contributed by atoms with Crippen molar-refractivity contribution in [2.75, 3.05) is 6.54 Å². The summed E-state index contributed by atoms with van der Waals surface area (Å²) in [7, 11) is 0. The lowest BCUT2D eigenvalue weighted by atomic mass is 9.98. The Kier molecular flexibility index (Phi) is 3.66. The average Bonchev–Trinajstić information content (AvgIpc) is 2.11. The Labute approximate surface area is 91.1 Å². The second kappa shape index (κ2) is 4.57. The summed E-state index contributed by atoms with van der Waals surface area (Å²) in [4.78, 5) is 10.8. The van der Waals surface area contributed by atoms with Gasteiger partial charge in [0.25, 0.3) is 0 Å². The molecule has 0 aliphatic rings. The number of rotatable bonds is 3. The standard InChI is InChI=1S/C10H12BrNO2/c1-6-2-3-7(4-9(6)11)8(5-12)10(13)14/h2-4,8H,5,12H2,1H3,(H,13,14). The van der Waals surface area contributed by atoms with E-state index < -0.39 is 11.9 Å². The van der Waals surface area contributed by atoms with Gasteiger partial charge in [0.1, 0.15) is 0 Å². The molecular formula is C10H12BrNO2. The molecular weight excluding hydrogens is 246 g/mol. The number of carboxylic acid groups (broad SMARTS) is 1. The number of aliphatic carboxylic acids is 1. The zero-order valence-corrected chi connectivity index (χ0v) is 9.41. The van der Waals surface area contributed by atoms with E-state index in [4.69, 9.17) is 10.8 Å². The third-order valence-corrected chi connectivity index (χ3v) is 2.99. The molecule has 0 aromatic heterocycles. The van der Waals surface area contributed by atoms with Crippen LogP contribution in [0.15, 0.2) is 22.7 Å². The maximum Gasteiger partial charge on any atom is 0.312 e. The molecule has 14 heavy (non-hydrogen) atoms. The smallest absolute Gasteiger partial charge is 0.312 e. The van der Waals surface area contributed by atoms with Gasteiger partial charge in [-0.1, -0.05) is 28.1 Å². The Bertz CT molecular complexity index is 352. The van der Waals surface area contributed by atoms with Crippen LogP contribution < -0.4 is 5.73 Å². The van der Waals surface area contributed by atoms with Crippen LogP contribution in [0, 0.1) is 6.92 Å². The molecule has 0 aliphatic carbocycles. The SMILES string of the molecule is Cc1ccc(C(CN)C(=O)O)cc1Br. The molecule has 3 N–H and O–H groups in total. The molecule has 1 aromatic carbocycles. The van der Waals surface area contributed by atoms with Gasteiger partial charge in [-0.15, -0.1) is 0 Å². The highest BCUT2D eigenvalue weighted by Gasteiger charge is 2.18. The fourth-order valence-electron chi connectivity index (χ4n) is 1.21. The van der Waals surface area contributed by atoms with Gasteiger partial charge in [-0.25, -0.2) is 0 Å². The van der Waals surface area contributed by atoms with Crippen molar-refractivity contribution in [2.45, 2.75) is 12.8 Å². The Morgan fingerprint density at radius 3 is 2.71 bits per heavy atom. The summed E-state index contributed by atoms with van der Waals surface area (Å²) in [6, 6.07) is 5.48. The normalized spacial score (nSPS) is 12.5. The first-order valence-electron chi connectivity index (χ1n) is 4.25. The van der Waals surface area contributed by atoms with Gasteiger partial charge in [-0.3, -0.25) is 4.79 Å². The molecule has 0 saturated heterocycles. The number of nitrogens with two attached hydrogens (primary N) is 1. The average molecular weight is 258 g/mol. The fraction of sp³-hybridized carbons (Fsp3) is 0.300. The third kappa shape index (κ3) is 2.33. The molecule has 0 radical (unpaired) electrons.